The van der Waals surface area contributed by atoms with E-state index in [0.29, 0.717) is 11.3 Å². The summed E-state index contributed by atoms with van der Waals surface area (Å²) in [6.07, 6.45) is 4.92. The summed E-state index contributed by atoms with van der Waals surface area (Å²) in [6, 6.07) is -0.685. The second-order valence-electron chi connectivity index (χ2n) is 5.20. The van der Waals surface area contributed by atoms with E-state index in [4.69, 9.17) is 5.11 Å². The van der Waals surface area contributed by atoms with Gasteiger partial charge in [-0.3, -0.25) is 4.79 Å². The number of hydrogen-bond acceptors (Lipinski definition) is 5. The number of aromatic nitrogens is 2. The van der Waals surface area contributed by atoms with Crippen molar-refractivity contribution in [1.29, 1.82) is 0 Å². The molecule has 0 bridgehead atoms. The Balaban J connectivity index is 1.59. The topological polar surface area (TPSA) is 75.4 Å². The molecule has 3 aliphatic rings. The third-order valence-electron chi connectivity index (χ3n) is 3.87. The molecule has 110 valence electrons. The van der Waals surface area contributed by atoms with Crippen LogP contribution in [0.1, 0.15) is 12.1 Å². The van der Waals surface area contributed by atoms with Gasteiger partial charge in [-0.05, 0) is 12.5 Å². The largest absolute Gasteiger partial charge is 0.480 e. The molecule has 1 N–H and O–H groups in total. The van der Waals surface area contributed by atoms with Gasteiger partial charge in [0.2, 0.25) is 0 Å². The van der Waals surface area contributed by atoms with Crippen LogP contribution >= 0.6 is 23.5 Å². The van der Waals surface area contributed by atoms with Crippen molar-refractivity contribution < 1.29 is 14.7 Å². The van der Waals surface area contributed by atoms with Crippen LogP contribution < -0.4 is 0 Å². The number of carbonyl (C=O) groups is 2. The van der Waals surface area contributed by atoms with Crippen molar-refractivity contribution in [1.82, 2.24) is 14.5 Å². The van der Waals surface area contributed by atoms with Gasteiger partial charge in [-0.15, -0.1) is 11.8 Å². The van der Waals surface area contributed by atoms with E-state index >= 15 is 0 Å². The van der Waals surface area contributed by atoms with Crippen LogP contribution in [-0.4, -0.2) is 54.4 Å². The van der Waals surface area contributed by atoms with Crippen LogP contribution in [0.4, 0.5) is 0 Å². The smallest absolute Gasteiger partial charge is 0.327 e. The Kier molecular flexibility index (Phi) is 3.04. The first kappa shape index (κ1) is 13.3. The lowest BCUT2D eigenvalue weighted by atomic mass is 10.0. The first-order chi connectivity index (χ1) is 10.1. The Morgan fingerprint density at radius 1 is 1.52 bits per heavy atom. The monoisotopic (exact) mass is 323 g/mol. The van der Waals surface area contributed by atoms with E-state index < -0.39 is 12.0 Å². The maximum Gasteiger partial charge on any atom is 0.327 e. The van der Waals surface area contributed by atoms with Gasteiger partial charge in [0.1, 0.15) is 11.4 Å². The minimum atomic E-state index is -0.925. The van der Waals surface area contributed by atoms with Gasteiger partial charge in [0.05, 0.1) is 11.3 Å². The van der Waals surface area contributed by atoms with Gasteiger partial charge in [0.15, 0.2) is 5.16 Å². The summed E-state index contributed by atoms with van der Waals surface area (Å²) in [5.41, 5.74) is 1.46. The van der Waals surface area contributed by atoms with Gasteiger partial charge in [-0.25, -0.2) is 9.78 Å². The van der Waals surface area contributed by atoms with Crippen molar-refractivity contribution in [3.63, 3.8) is 0 Å². The molecule has 3 aliphatic heterocycles. The minimum absolute atomic E-state index is 0.120. The SMILES string of the molecule is O=C(O)C1CS[C@@H]2/C(=C\c3cn4c(n3)SCCC4)C(=O)N12. The van der Waals surface area contributed by atoms with Crippen molar-refractivity contribution in [3.05, 3.63) is 17.5 Å². The van der Waals surface area contributed by atoms with Crippen molar-refractivity contribution in [2.45, 2.75) is 29.5 Å². The molecular weight excluding hydrogens is 310 g/mol. The quantitative estimate of drug-likeness (QED) is 0.649. The Labute approximate surface area is 129 Å². The van der Waals surface area contributed by atoms with Crippen LogP contribution in [0.3, 0.4) is 0 Å². The summed E-state index contributed by atoms with van der Waals surface area (Å²) in [6.45, 7) is 0.970. The highest BCUT2D eigenvalue weighted by molar-refractivity contribution is 8.00. The van der Waals surface area contributed by atoms with Crippen LogP contribution in [0.25, 0.3) is 6.08 Å². The standard InChI is InChI=1S/C13H13N3O3S2/c17-10-8(11-16(10)9(6-21-11)12(18)19)4-7-5-15-2-1-3-20-13(15)14-7/h4-5,9,11H,1-3,6H2,(H,18,19)/b8-4-/t9?,11-/m1/s1. The Morgan fingerprint density at radius 2 is 2.38 bits per heavy atom. The molecule has 2 atom stereocenters. The normalized spacial score (nSPS) is 29.2. The molecule has 21 heavy (non-hydrogen) atoms. The Hall–Kier alpha value is -1.41. The van der Waals surface area contributed by atoms with Gasteiger partial charge in [-0.1, -0.05) is 11.8 Å². The molecule has 2 fully saturated rings. The maximum absolute atomic E-state index is 12.1. The molecule has 4 heterocycles. The fraction of sp³-hybridized carbons (Fsp3) is 0.462. The molecule has 0 saturated carbocycles. The number of β-lactam (4-membered cyclic amide) rings is 1. The fourth-order valence-electron chi connectivity index (χ4n) is 2.83. The van der Waals surface area contributed by atoms with Crippen LogP contribution in [0.15, 0.2) is 16.9 Å². The number of imidazole rings is 1. The van der Waals surface area contributed by atoms with Gasteiger partial charge in [0.25, 0.3) is 5.91 Å². The van der Waals surface area contributed by atoms with Gasteiger partial charge in [0, 0.05) is 24.2 Å². The number of carboxylic acid groups (broad SMARTS) is 1. The van der Waals surface area contributed by atoms with Crippen molar-refractivity contribution in [2.24, 2.45) is 0 Å². The lowest BCUT2D eigenvalue weighted by Crippen LogP contribution is -2.56. The fourth-order valence-corrected chi connectivity index (χ4v) is 5.18. The highest BCUT2D eigenvalue weighted by Gasteiger charge is 2.53. The summed E-state index contributed by atoms with van der Waals surface area (Å²) in [5, 5.41) is 9.97. The average Bonchev–Trinajstić information content (AvgIpc) is 3.05. The highest BCUT2D eigenvalue weighted by atomic mass is 32.2. The molecule has 1 unspecified atom stereocenters. The Morgan fingerprint density at radius 3 is 3.14 bits per heavy atom. The van der Waals surface area contributed by atoms with Crippen molar-refractivity contribution in [2.75, 3.05) is 11.5 Å². The summed E-state index contributed by atoms with van der Waals surface area (Å²) in [5.74, 6) is 0.444. The van der Waals surface area contributed by atoms with Gasteiger partial charge in [-0.2, -0.15) is 0 Å². The van der Waals surface area contributed by atoms with Crippen molar-refractivity contribution in [3.8, 4) is 0 Å². The number of aryl methyl sites for hydroxylation is 1. The predicted molar refractivity (Wildman–Crippen MR) is 80.1 cm³/mol. The van der Waals surface area contributed by atoms with E-state index in [1.54, 1.807) is 11.8 Å². The molecule has 4 rings (SSSR count). The first-order valence-corrected chi connectivity index (χ1v) is 8.77. The van der Waals surface area contributed by atoms with E-state index in [1.165, 1.54) is 16.7 Å². The van der Waals surface area contributed by atoms with E-state index in [-0.39, 0.29) is 11.3 Å². The zero-order chi connectivity index (χ0) is 14.6. The van der Waals surface area contributed by atoms with Crippen LogP contribution in [0.2, 0.25) is 0 Å². The third-order valence-corrected chi connectivity index (χ3v) is 6.25. The minimum Gasteiger partial charge on any atom is -0.480 e. The number of hydrogen-bond donors (Lipinski definition) is 1. The predicted octanol–water partition coefficient (Wildman–Crippen LogP) is 1.13. The van der Waals surface area contributed by atoms with E-state index in [2.05, 4.69) is 9.55 Å². The molecule has 1 aromatic rings. The molecule has 1 aromatic heterocycles. The molecular formula is C13H13N3O3S2. The number of aliphatic carboxylic acids is 1. The van der Waals surface area contributed by atoms with E-state index in [0.717, 1.165) is 29.6 Å². The van der Waals surface area contributed by atoms with Crippen LogP contribution in [-0.2, 0) is 16.1 Å². The number of thioether (sulfide) groups is 2. The number of rotatable bonds is 2. The number of carboxylic acids is 1. The highest BCUT2D eigenvalue weighted by Crippen LogP contribution is 2.43. The molecule has 2 saturated heterocycles. The molecule has 0 aliphatic carbocycles. The van der Waals surface area contributed by atoms with Gasteiger partial charge >= 0.3 is 5.97 Å². The lowest BCUT2D eigenvalue weighted by molar-refractivity contribution is -0.150. The summed E-state index contributed by atoms with van der Waals surface area (Å²) >= 11 is 3.24. The number of amides is 1. The molecule has 6 nitrogen and oxygen atoms in total. The number of nitrogens with zero attached hydrogens (tertiary/aromatic N) is 3. The number of fused-ring (bicyclic) bond motifs is 2. The van der Waals surface area contributed by atoms with E-state index in [1.807, 2.05) is 12.3 Å². The molecule has 0 spiro atoms. The maximum atomic E-state index is 12.1. The second-order valence-corrected chi connectivity index (χ2v) is 7.37. The zero-order valence-corrected chi connectivity index (χ0v) is 12.7. The molecule has 0 aromatic carbocycles. The second kappa shape index (κ2) is 4.81. The molecule has 8 heteroatoms. The lowest BCUT2D eigenvalue weighted by Gasteiger charge is -2.38. The summed E-state index contributed by atoms with van der Waals surface area (Å²) < 4.78 is 2.11. The third kappa shape index (κ3) is 2.00. The first-order valence-electron chi connectivity index (χ1n) is 6.74. The molecule has 0 radical (unpaired) electrons. The Bertz CT molecular complexity index is 646. The summed E-state index contributed by atoms with van der Waals surface area (Å²) in [4.78, 5) is 29.2. The molecule has 1 amide bonds. The van der Waals surface area contributed by atoms with Crippen LogP contribution in [0, 0.1) is 0 Å². The van der Waals surface area contributed by atoms with Crippen molar-refractivity contribution >= 4 is 41.5 Å². The zero-order valence-electron chi connectivity index (χ0n) is 11.1. The van der Waals surface area contributed by atoms with E-state index in [9.17, 15) is 9.59 Å². The van der Waals surface area contributed by atoms with Crippen LogP contribution in [0.5, 0.6) is 0 Å². The number of carbonyl (C=O) groups excluding carboxylic acids is 1. The summed E-state index contributed by atoms with van der Waals surface area (Å²) in [7, 11) is 0. The van der Waals surface area contributed by atoms with Gasteiger partial charge < -0.3 is 14.6 Å². The average molecular weight is 323 g/mol.